The van der Waals surface area contributed by atoms with Gasteiger partial charge in [-0.3, -0.25) is 0 Å². The molecule has 18 heavy (non-hydrogen) atoms. The van der Waals surface area contributed by atoms with E-state index < -0.39 is 0 Å². The summed E-state index contributed by atoms with van der Waals surface area (Å²) in [4.78, 5) is 2.24. The van der Waals surface area contributed by atoms with Crippen LogP contribution in [0.4, 0.5) is 5.82 Å². The Morgan fingerprint density at radius 2 is 2.22 bits per heavy atom. The van der Waals surface area contributed by atoms with Crippen LogP contribution in [0.2, 0.25) is 0 Å². The number of aromatic nitrogens is 2. The highest BCUT2D eigenvalue weighted by Crippen LogP contribution is 2.25. The van der Waals surface area contributed by atoms with Crippen molar-refractivity contribution in [3.8, 4) is 6.07 Å². The Morgan fingerprint density at radius 1 is 1.39 bits per heavy atom. The van der Waals surface area contributed by atoms with Crippen molar-refractivity contribution in [3.05, 3.63) is 17.8 Å². The Bertz CT molecular complexity index is 418. The van der Waals surface area contributed by atoms with Crippen LogP contribution >= 0.6 is 0 Å². The molecule has 1 aromatic heterocycles. The predicted molar refractivity (Wildman–Crippen MR) is 71.3 cm³/mol. The van der Waals surface area contributed by atoms with Gasteiger partial charge in [-0.15, -0.1) is 5.10 Å². The maximum Gasteiger partial charge on any atom is 0.151 e. The molecule has 2 heterocycles. The van der Waals surface area contributed by atoms with Gasteiger partial charge in [-0.2, -0.15) is 10.4 Å². The SMILES string of the molecule is CC(C)c1ccc(N2CCCCC2CC#N)nn1. The van der Waals surface area contributed by atoms with Crippen LogP contribution in [0.1, 0.15) is 51.1 Å². The standard InChI is InChI=1S/C14H20N4/c1-11(2)13-6-7-14(17-16-13)18-10-4-3-5-12(18)8-9-15/h6-7,11-12H,3-5,8,10H2,1-2H3. The fraction of sp³-hybridized carbons (Fsp3) is 0.643. The van der Waals surface area contributed by atoms with Gasteiger partial charge in [-0.1, -0.05) is 13.8 Å². The van der Waals surface area contributed by atoms with Crippen LogP contribution in [0.3, 0.4) is 0 Å². The molecule has 0 radical (unpaired) electrons. The van der Waals surface area contributed by atoms with Gasteiger partial charge in [-0.05, 0) is 37.3 Å². The third-order valence-corrected chi connectivity index (χ3v) is 3.51. The monoisotopic (exact) mass is 244 g/mol. The lowest BCUT2D eigenvalue weighted by Crippen LogP contribution is -2.40. The summed E-state index contributed by atoms with van der Waals surface area (Å²) in [5.41, 5.74) is 1.02. The summed E-state index contributed by atoms with van der Waals surface area (Å²) in [5, 5.41) is 17.5. The van der Waals surface area contributed by atoms with Crippen molar-refractivity contribution in [2.45, 2.75) is 51.5 Å². The topological polar surface area (TPSA) is 52.8 Å². The van der Waals surface area contributed by atoms with Gasteiger partial charge in [0.05, 0.1) is 18.2 Å². The molecule has 4 heteroatoms. The maximum atomic E-state index is 8.89. The minimum atomic E-state index is 0.308. The minimum absolute atomic E-state index is 0.308. The lowest BCUT2D eigenvalue weighted by Gasteiger charge is -2.35. The van der Waals surface area contributed by atoms with Gasteiger partial charge in [0, 0.05) is 12.6 Å². The zero-order valence-corrected chi connectivity index (χ0v) is 11.1. The number of hydrogen-bond donors (Lipinski definition) is 0. The second-order valence-electron chi connectivity index (χ2n) is 5.18. The van der Waals surface area contributed by atoms with Crippen LogP contribution in [-0.2, 0) is 0 Å². The van der Waals surface area contributed by atoms with Crippen molar-refractivity contribution in [3.63, 3.8) is 0 Å². The van der Waals surface area contributed by atoms with Gasteiger partial charge in [0.1, 0.15) is 0 Å². The normalized spacial score (nSPS) is 19.9. The molecule has 1 unspecified atom stereocenters. The van der Waals surface area contributed by atoms with Gasteiger partial charge in [0.2, 0.25) is 0 Å². The first-order valence-electron chi connectivity index (χ1n) is 6.69. The van der Waals surface area contributed by atoms with Crippen molar-refractivity contribution >= 4 is 5.82 Å². The number of nitrogens with zero attached hydrogens (tertiary/aromatic N) is 4. The van der Waals surface area contributed by atoms with Gasteiger partial charge < -0.3 is 4.90 Å². The Kier molecular flexibility index (Phi) is 4.14. The number of hydrogen-bond acceptors (Lipinski definition) is 4. The second kappa shape index (κ2) is 5.81. The van der Waals surface area contributed by atoms with Gasteiger partial charge in [-0.25, -0.2) is 0 Å². The van der Waals surface area contributed by atoms with Crippen molar-refractivity contribution in [2.24, 2.45) is 0 Å². The van der Waals surface area contributed by atoms with Crippen molar-refractivity contribution in [2.75, 3.05) is 11.4 Å². The highest BCUT2D eigenvalue weighted by molar-refractivity contribution is 5.40. The molecule has 0 spiro atoms. The molecule has 1 fully saturated rings. The van der Waals surface area contributed by atoms with E-state index in [-0.39, 0.29) is 0 Å². The summed E-state index contributed by atoms with van der Waals surface area (Å²) in [6, 6.07) is 6.67. The molecular formula is C14H20N4. The number of anilines is 1. The average Bonchev–Trinajstić information content (AvgIpc) is 2.40. The van der Waals surface area contributed by atoms with E-state index in [9.17, 15) is 0 Å². The highest BCUT2D eigenvalue weighted by atomic mass is 15.3. The Morgan fingerprint density at radius 3 is 2.83 bits per heavy atom. The molecular weight excluding hydrogens is 224 g/mol. The number of piperidine rings is 1. The number of rotatable bonds is 3. The highest BCUT2D eigenvalue weighted by Gasteiger charge is 2.23. The number of nitriles is 1. The van der Waals surface area contributed by atoms with E-state index in [2.05, 4.69) is 35.0 Å². The van der Waals surface area contributed by atoms with Crippen LogP contribution < -0.4 is 4.90 Å². The van der Waals surface area contributed by atoms with Crippen molar-refractivity contribution in [1.29, 1.82) is 5.26 Å². The molecule has 0 aromatic carbocycles. The van der Waals surface area contributed by atoms with Crippen molar-refractivity contribution in [1.82, 2.24) is 10.2 Å². The third-order valence-electron chi connectivity index (χ3n) is 3.51. The van der Waals surface area contributed by atoms with Crippen LogP contribution in [0.25, 0.3) is 0 Å². The summed E-state index contributed by atoms with van der Waals surface area (Å²) in [6.45, 7) is 5.22. The van der Waals surface area contributed by atoms with E-state index in [0.717, 1.165) is 24.5 Å². The summed E-state index contributed by atoms with van der Waals surface area (Å²) in [5.74, 6) is 1.32. The molecule has 1 atom stereocenters. The average molecular weight is 244 g/mol. The zero-order valence-electron chi connectivity index (χ0n) is 11.1. The predicted octanol–water partition coefficient (Wildman–Crippen LogP) is 2.87. The van der Waals surface area contributed by atoms with Gasteiger partial charge in [0.25, 0.3) is 0 Å². The maximum absolute atomic E-state index is 8.89. The summed E-state index contributed by atoms with van der Waals surface area (Å²) < 4.78 is 0. The van der Waals surface area contributed by atoms with Crippen LogP contribution in [-0.4, -0.2) is 22.8 Å². The fourth-order valence-electron chi connectivity index (χ4n) is 2.42. The molecule has 0 bridgehead atoms. The van der Waals surface area contributed by atoms with Crippen LogP contribution in [0.15, 0.2) is 12.1 Å². The van der Waals surface area contributed by atoms with E-state index >= 15 is 0 Å². The molecule has 0 N–H and O–H groups in total. The largest absolute Gasteiger partial charge is 0.351 e. The Balaban J connectivity index is 2.15. The minimum Gasteiger partial charge on any atom is -0.351 e. The second-order valence-corrected chi connectivity index (χ2v) is 5.18. The van der Waals surface area contributed by atoms with Crippen LogP contribution in [0.5, 0.6) is 0 Å². The zero-order chi connectivity index (χ0) is 13.0. The summed E-state index contributed by atoms with van der Waals surface area (Å²) in [7, 11) is 0. The lowest BCUT2D eigenvalue weighted by molar-refractivity contribution is 0.459. The van der Waals surface area contributed by atoms with E-state index in [1.165, 1.54) is 12.8 Å². The van der Waals surface area contributed by atoms with E-state index in [4.69, 9.17) is 5.26 Å². The van der Waals surface area contributed by atoms with Crippen molar-refractivity contribution < 1.29 is 0 Å². The first-order valence-corrected chi connectivity index (χ1v) is 6.69. The smallest absolute Gasteiger partial charge is 0.151 e. The van der Waals surface area contributed by atoms with E-state index in [0.29, 0.717) is 18.4 Å². The van der Waals surface area contributed by atoms with E-state index in [1.54, 1.807) is 0 Å². The lowest BCUT2D eigenvalue weighted by atomic mass is 10.00. The molecule has 0 amide bonds. The van der Waals surface area contributed by atoms with Gasteiger partial charge in [0.15, 0.2) is 5.82 Å². The molecule has 1 aliphatic heterocycles. The van der Waals surface area contributed by atoms with Crippen LogP contribution in [0, 0.1) is 11.3 Å². The molecule has 0 saturated carbocycles. The first-order chi connectivity index (χ1) is 8.72. The Hall–Kier alpha value is -1.63. The quantitative estimate of drug-likeness (QED) is 0.820. The molecule has 1 saturated heterocycles. The summed E-state index contributed by atoms with van der Waals surface area (Å²) in [6.07, 6.45) is 4.05. The molecule has 1 aliphatic rings. The Labute approximate surface area is 109 Å². The molecule has 4 nitrogen and oxygen atoms in total. The molecule has 96 valence electrons. The van der Waals surface area contributed by atoms with Gasteiger partial charge >= 0.3 is 0 Å². The first kappa shape index (κ1) is 12.8. The molecule has 1 aromatic rings. The molecule has 2 rings (SSSR count). The van der Waals surface area contributed by atoms with E-state index in [1.807, 2.05) is 12.1 Å². The summed E-state index contributed by atoms with van der Waals surface area (Å²) >= 11 is 0. The third kappa shape index (κ3) is 2.79. The molecule has 0 aliphatic carbocycles. The fourth-order valence-corrected chi connectivity index (χ4v) is 2.42.